The van der Waals surface area contributed by atoms with Gasteiger partial charge in [-0.3, -0.25) is 0 Å². The van der Waals surface area contributed by atoms with Crippen molar-refractivity contribution >= 4 is 17.8 Å². The Morgan fingerprint density at radius 1 is 1.80 bits per heavy atom. The molecule has 0 N–H and O–H groups in total. The minimum absolute atomic E-state index is 0.155. The Morgan fingerprint density at radius 3 is 3.10 bits per heavy atom. The lowest BCUT2D eigenvalue weighted by molar-refractivity contribution is 0.201. The molecule has 3 heteroatoms. The van der Waals surface area contributed by atoms with Crippen molar-refractivity contribution in [2.75, 3.05) is 0 Å². The van der Waals surface area contributed by atoms with Crippen LogP contribution in [0, 0.1) is 0 Å². The zero-order chi connectivity index (χ0) is 7.40. The summed E-state index contributed by atoms with van der Waals surface area (Å²) in [6, 6.07) is 3.84. The van der Waals surface area contributed by atoms with Gasteiger partial charge in [0.1, 0.15) is 6.10 Å². The van der Waals surface area contributed by atoms with Crippen LogP contribution in [0.25, 0.3) is 0 Å². The summed E-state index contributed by atoms with van der Waals surface area (Å²) >= 11 is 1.57. The van der Waals surface area contributed by atoms with Gasteiger partial charge in [0.25, 0.3) is 0 Å². The first-order valence-electron chi connectivity index (χ1n) is 2.91. The van der Waals surface area contributed by atoms with Crippen LogP contribution in [0.5, 0.6) is 0 Å². The number of ether oxygens (including phenoxy) is 1. The quantitative estimate of drug-likeness (QED) is 0.666. The summed E-state index contributed by atoms with van der Waals surface area (Å²) in [5.74, 6) is 0. The van der Waals surface area contributed by atoms with E-state index in [1.165, 1.54) is 6.47 Å². The molecule has 0 fully saturated rings. The van der Waals surface area contributed by atoms with Gasteiger partial charge in [-0.05, 0) is 18.4 Å². The molecule has 0 saturated heterocycles. The number of hydrogen-bond donors (Lipinski definition) is 0. The van der Waals surface area contributed by atoms with Crippen molar-refractivity contribution in [1.82, 2.24) is 0 Å². The molecular weight excluding hydrogens is 148 g/mol. The summed E-state index contributed by atoms with van der Waals surface area (Å²) in [4.78, 5) is 10.8. The molecule has 0 saturated carbocycles. The second kappa shape index (κ2) is 3.37. The zero-order valence-corrected chi connectivity index (χ0v) is 6.35. The van der Waals surface area contributed by atoms with E-state index in [-0.39, 0.29) is 6.10 Å². The summed E-state index contributed by atoms with van der Waals surface area (Å²) in [5, 5.41) is 1.94. The monoisotopic (exact) mass is 155 g/mol. The molecule has 0 aliphatic rings. The smallest absolute Gasteiger partial charge is 0.418 e. The van der Waals surface area contributed by atoms with Crippen LogP contribution in [0.1, 0.15) is 17.9 Å². The van der Waals surface area contributed by atoms with Crippen molar-refractivity contribution in [3.63, 3.8) is 0 Å². The Bertz CT molecular complexity index is 193. The van der Waals surface area contributed by atoms with Crippen LogP contribution < -0.4 is 0 Å². The van der Waals surface area contributed by atoms with Crippen molar-refractivity contribution < 1.29 is 9.53 Å². The van der Waals surface area contributed by atoms with Crippen LogP contribution in [-0.2, 0) is 9.53 Å². The fourth-order valence-corrected chi connectivity index (χ4v) is 1.36. The standard InChI is InChI=1S/C7H7O2S/c1-6(9-5-8)7-3-2-4-10-7/h2-4,6H,1H3. The lowest BCUT2D eigenvalue weighted by Crippen LogP contribution is -1.93. The predicted octanol–water partition coefficient (Wildman–Crippen LogP) is 1.89. The third-order valence-corrected chi connectivity index (χ3v) is 2.20. The van der Waals surface area contributed by atoms with E-state index in [0.29, 0.717) is 0 Å². The molecule has 2 nitrogen and oxygen atoms in total. The molecule has 0 aliphatic heterocycles. The highest BCUT2D eigenvalue weighted by atomic mass is 32.1. The molecule has 0 bridgehead atoms. The second-order valence-corrected chi connectivity index (χ2v) is 2.84. The van der Waals surface area contributed by atoms with E-state index in [0.717, 1.165) is 4.88 Å². The van der Waals surface area contributed by atoms with E-state index in [1.807, 2.05) is 24.4 Å². The van der Waals surface area contributed by atoms with E-state index < -0.39 is 0 Å². The molecule has 53 valence electrons. The van der Waals surface area contributed by atoms with E-state index in [1.54, 1.807) is 11.3 Å². The van der Waals surface area contributed by atoms with Gasteiger partial charge in [-0.2, -0.15) is 0 Å². The molecule has 1 radical (unpaired) electrons. The molecule has 1 aromatic heterocycles. The molecule has 1 atom stereocenters. The van der Waals surface area contributed by atoms with Crippen LogP contribution in [0.4, 0.5) is 0 Å². The van der Waals surface area contributed by atoms with Crippen molar-refractivity contribution in [1.29, 1.82) is 0 Å². The van der Waals surface area contributed by atoms with Crippen LogP contribution in [-0.4, -0.2) is 6.47 Å². The summed E-state index contributed by atoms with van der Waals surface area (Å²) in [7, 11) is 0. The summed E-state index contributed by atoms with van der Waals surface area (Å²) in [6.07, 6.45) is -0.155. The topological polar surface area (TPSA) is 26.3 Å². The largest absolute Gasteiger partial charge is 0.449 e. The van der Waals surface area contributed by atoms with Crippen molar-refractivity contribution in [3.8, 4) is 0 Å². The minimum atomic E-state index is -0.155. The van der Waals surface area contributed by atoms with Crippen molar-refractivity contribution in [2.24, 2.45) is 0 Å². The molecular formula is C7H7O2S. The average Bonchev–Trinajstić information content (AvgIpc) is 2.38. The molecule has 1 aromatic rings. The molecule has 0 aromatic carbocycles. The van der Waals surface area contributed by atoms with Gasteiger partial charge in [0, 0.05) is 4.88 Å². The van der Waals surface area contributed by atoms with Crippen LogP contribution >= 0.6 is 11.3 Å². The molecule has 0 aliphatic carbocycles. The van der Waals surface area contributed by atoms with Crippen LogP contribution in [0.2, 0.25) is 0 Å². The lowest BCUT2D eigenvalue weighted by Gasteiger charge is -2.03. The van der Waals surface area contributed by atoms with Crippen molar-refractivity contribution in [3.05, 3.63) is 22.4 Å². The number of rotatable bonds is 3. The Hall–Kier alpha value is -0.830. The summed E-state index contributed by atoms with van der Waals surface area (Å²) < 4.78 is 4.59. The van der Waals surface area contributed by atoms with Gasteiger partial charge in [-0.1, -0.05) is 6.07 Å². The third kappa shape index (κ3) is 1.57. The highest BCUT2D eigenvalue weighted by Crippen LogP contribution is 2.20. The highest BCUT2D eigenvalue weighted by Gasteiger charge is 2.05. The Labute approximate surface area is 63.4 Å². The second-order valence-electron chi connectivity index (χ2n) is 1.86. The summed E-state index contributed by atoms with van der Waals surface area (Å²) in [5.41, 5.74) is 0. The molecule has 1 unspecified atom stereocenters. The van der Waals surface area contributed by atoms with Gasteiger partial charge in [0.2, 0.25) is 0 Å². The molecule has 1 rings (SSSR count). The summed E-state index contributed by atoms with van der Waals surface area (Å²) in [6.45, 7) is 3.23. The Balaban J connectivity index is 2.58. The third-order valence-electron chi connectivity index (χ3n) is 1.17. The number of hydrogen-bond acceptors (Lipinski definition) is 3. The maximum absolute atomic E-state index is 9.77. The van der Waals surface area contributed by atoms with Gasteiger partial charge < -0.3 is 4.74 Å². The fraction of sp³-hybridized carbons (Fsp3) is 0.286. The molecule has 1 heterocycles. The fourth-order valence-electron chi connectivity index (χ4n) is 0.653. The van der Waals surface area contributed by atoms with Crippen LogP contribution in [0.15, 0.2) is 17.5 Å². The minimum Gasteiger partial charge on any atom is -0.449 e. The van der Waals surface area contributed by atoms with E-state index >= 15 is 0 Å². The van der Waals surface area contributed by atoms with Gasteiger partial charge in [-0.25, -0.2) is 4.79 Å². The first-order valence-corrected chi connectivity index (χ1v) is 3.78. The molecule has 10 heavy (non-hydrogen) atoms. The maximum Gasteiger partial charge on any atom is 0.418 e. The Kier molecular flexibility index (Phi) is 2.45. The van der Waals surface area contributed by atoms with Gasteiger partial charge in [-0.15, -0.1) is 11.3 Å². The van der Waals surface area contributed by atoms with Crippen LogP contribution in [0.3, 0.4) is 0 Å². The van der Waals surface area contributed by atoms with Crippen molar-refractivity contribution in [2.45, 2.75) is 13.0 Å². The van der Waals surface area contributed by atoms with E-state index in [4.69, 9.17) is 0 Å². The normalized spacial score (nSPS) is 12.5. The highest BCUT2D eigenvalue weighted by molar-refractivity contribution is 7.10. The van der Waals surface area contributed by atoms with E-state index in [9.17, 15) is 4.79 Å². The molecule has 0 spiro atoms. The Morgan fingerprint density at radius 2 is 2.60 bits per heavy atom. The zero-order valence-electron chi connectivity index (χ0n) is 5.53. The van der Waals surface area contributed by atoms with Gasteiger partial charge >= 0.3 is 6.47 Å². The van der Waals surface area contributed by atoms with E-state index in [2.05, 4.69) is 4.74 Å². The SMILES string of the molecule is CC(O[C]=O)c1cccs1. The van der Waals surface area contributed by atoms with Gasteiger partial charge in [0.05, 0.1) is 0 Å². The maximum atomic E-state index is 9.77. The number of thiophene rings is 1. The van der Waals surface area contributed by atoms with Gasteiger partial charge in [0.15, 0.2) is 0 Å². The lowest BCUT2D eigenvalue weighted by atomic mass is 10.3. The molecule has 0 amide bonds. The first kappa shape index (κ1) is 7.28. The first-order chi connectivity index (χ1) is 4.84. The predicted molar refractivity (Wildman–Crippen MR) is 39.5 cm³/mol. The average molecular weight is 155 g/mol. The number of carbonyl (C=O) groups excluding carboxylic acids is 1.